The van der Waals surface area contributed by atoms with Gasteiger partial charge in [0.1, 0.15) is 0 Å². The van der Waals surface area contributed by atoms with Gasteiger partial charge in [0.2, 0.25) is 5.95 Å². The van der Waals surface area contributed by atoms with Crippen LogP contribution in [0.25, 0.3) is 0 Å². The van der Waals surface area contributed by atoms with Crippen molar-refractivity contribution < 1.29 is 0 Å². The Hall–Kier alpha value is -2.24. The molecule has 2 aliphatic rings. The summed E-state index contributed by atoms with van der Waals surface area (Å²) in [7, 11) is 0. The molecule has 0 aromatic carbocycles. The number of anilines is 2. The Bertz CT molecular complexity index is 698. The summed E-state index contributed by atoms with van der Waals surface area (Å²) in [6.45, 7) is 8.19. The lowest BCUT2D eigenvalue weighted by molar-refractivity contribution is 0.262. The lowest BCUT2D eigenvalue weighted by atomic mass is 9.79. The van der Waals surface area contributed by atoms with Crippen LogP contribution in [0.1, 0.15) is 30.5 Å². The van der Waals surface area contributed by atoms with Crippen LogP contribution < -0.4 is 9.80 Å². The summed E-state index contributed by atoms with van der Waals surface area (Å²) in [5, 5.41) is 8.60. The molecule has 0 N–H and O–H groups in total. The van der Waals surface area contributed by atoms with Crippen LogP contribution in [0.2, 0.25) is 0 Å². The maximum Gasteiger partial charge on any atom is 0.225 e. The largest absolute Gasteiger partial charge is 0.355 e. The van der Waals surface area contributed by atoms with Crippen molar-refractivity contribution in [2.24, 2.45) is 5.41 Å². The first-order chi connectivity index (χ1) is 11.6. The first-order valence-electron chi connectivity index (χ1n) is 8.73. The van der Waals surface area contributed by atoms with Crippen LogP contribution in [-0.4, -0.2) is 46.3 Å². The highest BCUT2D eigenvalue weighted by Crippen LogP contribution is 2.40. The Morgan fingerprint density at radius 2 is 1.71 bits per heavy atom. The molecule has 4 heterocycles. The quantitative estimate of drug-likeness (QED) is 0.845. The molecule has 126 valence electrons. The molecule has 0 saturated carbocycles. The van der Waals surface area contributed by atoms with Crippen molar-refractivity contribution in [3.63, 3.8) is 0 Å². The molecule has 0 unspecified atom stereocenters. The molecule has 4 rings (SSSR count). The summed E-state index contributed by atoms with van der Waals surface area (Å²) >= 11 is 0. The van der Waals surface area contributed by atoms with Crippen LogP contribution in [0.5, 0.6) is 0 Å². The third-order valence-corrected chi connectivity index (χ3v) is 5.26. The summed E-state index contributed by atoms with van der Waals surface area (Å²) in [6, 6.07) is 4.14. The number of rotatable bonds is 2. The molecular formula is C18H24N6. The van der Waals surface area contributed by atoms with Gasteiger partial charge in [0.15, 0.2) is 5.82 Å². The molecule has 0 amide bonds. The molecule has 2 aromatic rings. The fourth-order valence-electron chi connectivity index (χ4n) is 3.95. The highest BCUT2D eigenvalue weighted by atomic mass is 15.3. The smallest absolute Gasteiger partial charge is 0.225 e. The molecule has 2 fully saturated rings. The number of aryl methyl sites for hydroxylation is 2. The van der Waals surface area contributed by atoms with Crippen LogP contribution in [0.15, 0.2) is 24.5 Å². The van der Waals surface area contributed by atoms with E-state index < -0.39 is 0 Å². The average Bonchev–Trinajstić information content (AvgIpc) is 2.99. The number of aromatic nitrogens is 4. The van der Waals surface area contributed by atoms with Gasteiger partial charge in [-0.15, -0.1) is 5.10 Å². The molecule has 24 heavy (non-hydrogen) atoms. The van der Waals surface area contributed by atoms with Crippen molar-refractivity contribution in [1.29, 1.82) is 0 Å². The first kappa shape index (κ1) is 15.3. The van der Waals surface area contributed by atoms with Gasteiger partial charge in [-0.2, -0.15) is 5.10 Å². The molecule has 2 aliphatic heterocycles. The number of nitrogens with zero attached hydrogens (tertiary/aromatic N) is 6. The second-order valence-corrected chi connectivity index (χ2v) is 7.29. The van der Waals surface area contributed by atoms with Crippen LogP contribution >= 0.6 is 0 Å². The minimum Gasteiger partial charge on any atom is -0.355 e. The topological polar surface area (TPSA) is 58.0 Å². The van der Waals surface area contributed by atoms with E-state index in [9.17, 15) is 0 Å². The zero-order valence-corrected chi connectivity index (χ0v) is 14.4. The van der Waals surface area contributed by atoms with E-state index in [2.05, 4.69) is 36.0 Å². The predicted octanol–water partition coefficient (Wildman–Crippen LogP) is 2.38. The highest BCUT2D eigenvalue weighted by molar-refractivity contribution is 5.40. The average molecular weight is 324 g/mol. The summed E-state index contributed by atoms with van der Waals surface area (Å²) in [6.07, 6.45) is 7.48. The fraction of sp³-hybridized carbons (Fsp3) is 0.556. The molecule has 0 aliphatic carbocycles. The van der Waals surface area contributed by atoms with Crippen molar-refractivity contribution in [1.82, 2.24) is 20.2 Å². The van der Waals surface area contributed by atoms with E-state index in [1.54, 1.807) is 0 Å². The van der Waals surface area contributed by atoms with Gasteiger partial charge in [-0.3, -0.25) is 0 Å². The van der Waals surface area contributed by atoms with Crippen LogP contribution in [-0.2, 0) is 0 Å². The third-order valence-electron chi connectivity index (χ3n) is 5.26. The van der Waals surface area contributed by atoms with Gasteiger partial charge in [0, 0.05) is 44.0 Å². The summed E-state index contributed by atoms with van der Waals surface area (Å²) in [5.41, 5.74) is 2.39. The Labute approximate surface area is 142 Å². The minimum atomic E-state index is 0.319. The van der Waals surface area contributed by atoms with Gasteiger partial charge in [0.25, 0.3) is 0 Å². The Kier molecular flexibility index (Phi) is 3.82. The molecule has 6 heteroatoms. The lowest BCUT2D eigenvalue weighted by Crippen LogP contribution is -2.45. The Balaban J connectivity index is 1.49. The number of hydrogen-bond acceptors (Lipinski definition) is 6. The van der Waals surface area contributed by atoms with E-state index in [-0.39, 0.29) is 0 Å². The fourth-order valence-corrected chi connectivity index (χ4v) is 3.95. The van der Waals surface area contributed by atoms with E-state index in [1.807, 2.05) is 32.3 Å². The third kappa shape index (κ3) is 2.92. The van der Waals surface area contributed by atoms with E-state index in [0.29, 0.717) is 5.41 Å². The molecule has 6 nitrogen and oxygen atoms in total. The molecule has 2 saturated heterocycles. The Morgan fingerprint density at radius 3 is 2.46 bits per heavy atom. The molecule has 0 radical (unpaired) electrons. The van der Waals surface area contributed by atoms with E-state index in [0.717, 1.165) is 49.2 Å². The van der Waals surface area contributed by atoms with Crippen molar-refractivity contribution in [3.05, 3.63) is 35.8 Å². The van der Waals surface area contributed by atoms with Crippen molar-refractivity contribution >= 4 is 11.8 Å². The molecular weight excluding hydrogens is 300 g/mol. The van der Waals surface area contributed by atoms with Crippen LogP contribution in [0.4, 0.5) is 11.8 Å². The minimum absolute atomic E-state index is 0.319. The summed E-state index contributed by atoms with van der Waals surface area (Å²) in [5.74, 6) is 1.87. The number of piperidine rings is 1. The van der Waals surface area contributed by atoms with E-state index >= 15 is 0 Å². The van der Waals surface area contributed by atoms with Gasteiger partial charge >= 0.3 is 0 Å². The molecule has 0 bridgehead atoms. The van der Waals surface area contributed by atoms with Gasteiger partial charge < -0.3 is 9.80 Å². The van der Waals surface area contributed by atoms with Gasteiger partial charge in [-0.1, -0.05) is 0 Å². The number of hydrogen-bond donors (Lipinski definition) is 0. The molecule has 2 aromatic heterocycles. The predicted molar refractivity (Wildman–Crippen MR) is 94.2 cm³/mol. The van der Waals surface area contributed by atoms with Crippen molar-refractivity contribution in [3.8, 4) is 0 Å². The molecule has 1 spiro atoms. The zero-order valence-electron chi connectivity index (χ0n) is 14.4. The second kappa shape index (κ2) is 6.00. The normalized spacial score (nSPS) is 23.9. The van der Waals surface area contributed by atoms with Crippen LogP contribution in [0, 0.1) is 19.3 Å². The van der Waals surface area contributed by atoms with Gasteiger partial charge in [-0.25, -0.2) is 9.97 Å². The standard InChI is InChI=1S/C18H24N6/c1-14-10-19-17(20-11-14)24-9-7-18(13-24)6-3-8-23(12-18)16-5-4-15(2)21-22-16/h4-5,10-11H,3,6-9,12-13H2,1-2H3/t18-/m0/s1. The maximum absolute atomic E-state index is 4.50. The zero-order chi connectivity index (χ0) is 16.6. The summed E-state index contributed by atoms with van der Waals surface area (Å²) in [4.78, 5) is 13.7. The lowest BCUT2D eigenvalue weighted by Gasteiger charge is -2.40. The van der Waals surface area contributed by atoms with E-state index in [4.69, 9.17) is 0 Å². The second-order valence-electron chi connectivity index (χ2n) is 7.29. The molecule has 1 atom stereocenters. The van der Waals surface area contributed by atoms with Crippen molar-refractivity contribution in [2.75, 3.05) is 36.0 Å². The van der Waals surface area contributed by atoms with Gasteiger partial charge in [-0.05, 0) is 50.8 Å². The first-order valence-corrected chi connectivity index (χ1v) is 8.73. The Morgan fingerprint density at radius 1 is 0.917 bits per heavy atom. The van der Waals surface area contributed by atoms with E-state index in [1.165, 1.54) is 19.3 Å². The van der Waals surface area contributed by atoms with Gasteiger partial charge in [0.05, 0.1) is 5.69 Å². The highest BCUT2D eigenvalue weighted by Gasteiger charge is 2.42. The maximum atomic E-state index is 4.50. The van der Waals surface area contributed by atoms with Crippen LogP contribution in [0.3, 0.4) is 0 Å². The SMILES string of the molecule is Cc1cnc(N2CC[C@]3(CCCN(c4ccc(C)nn4)C3)C2)nc1. The summed E-state index contributed by atoms with van der Waals surface area (Å²) < 4.78 is 0. The monoisotopic (exact) mass is 324 g/mol. The van der Waals surface area contributed by atoms with Crippen molar-refractivity contribution in [2.45, 2.75) is 33.1 Å².